The molecule has 0 unspecified atom stereocenters. The van der Waals surface area contributed by atoms with Crippen LogP contribution in [0, 0.1) is 0 Å². The lowest BCUT2D eigenvalue weighted by molar-refractivity contribution is -0.139. The summed E-state index contributed by atoms with van der Waals surface area (Å²) in [5.41, 5.74) is -2.05. The predicted molar refractivity (Wildman–Crippen MR) is 72.3 cm³/mol. The minimum Gasteiger partial charge on any atom is -0.496 e. The molecule has 0 aromatic heterocycles. The second-order valence-electron chi connectivity index (χ2n) is 4.81. The SMILES string of the molecule is CCOC(C)(C)C(=O)Nc1ccc(OC)c(C(F)(F)F)c1. The van der Waals surface area contributed by atoms with Gasteiger partial charge in [-0.2, -0.15) is 13.2 Å². The highest BCUT2D eigenvalue weighted by molar-refractivity contribution is 5.96. The number of hydrogen-bond acceptors (Lipinski definition) is 3. The zero-order chi connectivity index (χ0) is 16.3. The van der Waals surface area contributed by atoms with Gasteiger partial charge in [0.2, 0.25) is 0 Å². The molecule has 0 saturated heterocycles. The van der Waals surface area contributed by atoms with Crippen molar-refractivity contribution >= 4 is 11.6 Å². The molecule has 118 valence electrons. The smallest absolute Gasteiger partial charge is 0.420 e. The fraction of sp³-hybridized carbons (Fsp3) is 0.500. The van der Waals surface area contributed by atoms with E-state index < -0.39 is 23.2 Å². The first-order chi connectivity index (χ1) is 9.61. The Bertz CT molecular complexity index is 513. The molecule has 0 aliphatic rings. The number of methoxy groups -OCH3 is 1. The average molecular weight is 305 g/mol. The molecule has 0 heterocycles. The number of carbonyl (C=O) groups excluding carboxylic acids is 1. The molecule has 7 heteroatoms. The summed E-state index contributed by atoms with van der Waals surface area (Å²) < 4.78 is 48.6. The first-order valence-electron chi connectivity index (χ1n) is 6.32. The van der Waals surface area contributed by atoms with Gasteiger partial charge in [0.25, 0.3) is 5.91 Å². The van der Waals surface area contributed by atoms with E-state index in [2.05, 4.69) is 10.1 Å². The Kier molecular flexibility index (Phi) is 5.22. The molecule has 21 heavy (non-hydrogen) atoms. The molecule has 1 N–H and O–H groups in total. The van der Waals surface area contributed by atoms with E-state index in [0.717, 1.165) is 19.2 Å². The predicted octanol–water partition coefficient (Wildman–Crippen LogP) is 3.47. The highest BCUT2D eigenvalue weighted by Crippen LogP contribution is 2.37. The van der Waals surface area contributed by atoms with Gasteiger partial charge in [0.1, 0.15) is 11.4 Å². The van der Waals surface area contributed by atoms with Gasteiger partial charge in [0.15, 0.2) is 0 Å². The Morgan fingerprint density at radius 1 is 1.29 bits per heavy atom. The lowest BCUT2D eigenvalue weighted by Crippen LogP contribution is -2.39. The van der Waals surface area contributed by atoms with Crippen molar-refractivity contribution in [1.29, 1.82) is 0 Å². The van der Waals surface area contributed by atoms with Gasteiger partial charge in [0, 0.05) is 12.3 Å². The second kappa shape index (κ2) is 6.34. The molecule has 0 saturated carbocycles. The lowest BCUT2D eigenvalue weighted by Gasteiger charge is -2.23. The molecule has 0 aliphatic heterocycles. The van der Waals surface area contributed by atoms with Crippen molar-refractivity contribution in [2.45, 2.75) is 32.5 Å². The summed E-state index contributed by atoms with van der Waals surface area (Å²) in [5.74, 6) is -0.827. The number of rotatable bonds is 5. The minimum absolute atomic E-state index is 0.0286. The highest BCUT2D eigenvalue weighted by Gasteiger charge is 2.35. The molecule has 0 atom stereocenters. The minimum atomic E-state index is -4.57. The molecule has 0 aliphatic carbocycles. The first-order valence-corrected chi connectivity index (χ1v) is 6.32. The largest absolute Gasteiger partial charge is 0.496 e. The van der Waals surface area contributed by atoms with E-state index in [0.29, 0.717) is 6.61 Å². The Morgan fingerprint density at radius 3 is 2.38 bits per heavy atom. The van der Waals surface area contributed by atoms with Gasteiger partial charge in [-0.1, -0.05) is 0 Å². The van der Waals surface area contributed by atoms with Gasteiger partial charge in [0.05, 0.1) is 12.7 Å². The van der Waals surface area contributed by atoms with Crippen LogP contribution in [0.15, 0.2) is 18.2 Å². The van der Waals surface area contributed by atoms with E-state index in [1.165, 1.54) is 6.07 Å². The van der Waals surface area contributed by atoms with Crippen molar-refractivity contribution in [3.63, 3.8) is 0 Å². The normalized spacial score (nSPS) is 12.1. The van der Waals surface area contributed by atoms with E-state index in [1.54, 1.807) is 20.8 Å². The summed E-state index contributed by atoms with van der Waals surface area (Å²) in [4.78, 5) is 12.0. The van der Waals surface area contributed by atoms with Gasteiger partial charge in [-0.15, -0.1) is 0 Å². The maximum atomic E-state index is 12.9. The fourth-order valence-corrected chi connectivity index (χ4v) is 1.72. The van der Waals surface area contributed by atoms with E-state index in [-0.39, 0.29) is 11.4 Å². The molecule has 1 aromatic carbocycles. The number of alkyl halides is 3. The first kappa shape index (κ1) is 17.3. The summed E-state index contributed by atoms with van der Waals surface area (Å²) in [6.07, 6.45) is -4.57. The van der Waals surface area contributed by atoms with E-state index in [9.17, 15) is 18.0 Å². The lowest BCUT2D eigenvalue weighted by atomic mass is 10.1. The third-order valence-corrected chi connectivity index (χ3v) is 2.81. The van der Waals surface area contributed by atoms with E-state index in [4.69, 9.17) is 4.74 Å². The van der Waals surface area contributed by atoms with Gasteiger partial charge in [-0.05, 0) is 39.0 Å². The number of hydrogen-bond donors (Lipinski definition) is 1. The van der Waals surface area contributed by atoms with Crippen molar-refractivity contribution in [1.82, 2.24) is 0 Å². The van der Waals surface area contributed by atoms with Crippen LogP contribution in [0.25, 0.3) is 0 Å². The van der Waals surface area contributed by atoms with Crippen LogP contribution in [0.1, 0.15) is 26.3 Å². The van der Waals surface area contributed by atoms with Crippen LogP contribution in [0.3, 0.4) is 0 Å². The van der Waals surface area contributed by atoms with Crippen LogP contribution in [-0.4, -0.2) is 25.2 Å². The van der Waals surface area contributed by atoms with Gasteiger partial charge < -0.3 is 14.8 Å². The molecule has 1 rings (SSSR count). The van der Waals surface area contributed by atoms with Crippen molar-refractivity contribution in [2.75, 3.05) is 19.0 Å². The number of amides is 1. The number of anilines is 1. The maximum Gasteiger partial charge on any atom is 0.420 e. The Balaban J connectivity index is 3.03. The number of benzene rings is 1. The quantitative estimate of drug-likeness (QED) is 0.906. The standard InChI is InChI=1S/C14H18F3NO3/c1-5-21-13(2,3)12(19)18-9-6-7-11(20-4)10(8-9)14(15,16)17/h6-8H,5H2,1-4H3,(H,18,19). The van der Waals surface area contributed by atoms with Crippen LogP contribution >= 0.6 is 0 Å². The third kappa shape index (κ3) is 4.35. The van der Waals surface area contributed by atoms with Crippen LogP contribution in [-0.2, 0) is 15.7 Å². The summed E-state index contributed by atoms with van der Waals surface area (Å²) >= 11 is 0. The molecule has 4 nitrogen and oxygen atoms in total. The Hall–Kier alpha value is -1.76. The summed E-state index contributed by atoms with van der Waals surface area (Å²) in [7, 11) is 1.15. The molecular formula is C14H18F3NO3. The topological polar surface area (TPSA) is 47.6 Å². The number of nitrogens with one attached hydrogen (secondary N) is 1. The molecule has 0 fully saturated rings. The molecule has 1 amide bonds. The van der Waals surface area contributed by atoms with E-state index >= 15 is 0 Å². The molecule has 0 radical (unpaired) electrons. The van der Waals surface area contributed by atoms with Gasteiger partial charge >= 0.3 is 6.18 Å². The van der Waals surface area contributed by atoms with Gasteiger partial charge in [-0.3, -0.25) is 4.79 Å². The van der Waals surface area contributed by atoms with Crippen molar-refractivity contribution in [3.05, 3.63) is 23.8 Å². The van der Waals surface area contributed by atoms with Crippen molar-refractivity contribution in [2.24, 2.45) is 0 Å². The summed E-state index contributed by atoms with van der Waals surface area (Å²) in [6.45, 7) is 5.13. The molecule has 1 aromatic rings. The molecular weight excluding hydrogens is 287 g/mol. The van der Waals surface area contributed by atoms with Crippen molar-refractivity contribution in [3.8, 4) is 5.75 Å². The highest BCUT2D eigenvalue weighted by atomic mass is 19.4. The zero-order valence-corrected chi connectivity index (χ0v) is 12.3. The van der Waals surface area contributed by atoms with Crippen LogP contribution in [0.5, 0.6) is 5.75 Å². The molecule has 0 spiro atoms. The summed E-state index contributed by atoms with van der Waals surface area (Å²) in [5, 5.41) is 2.41. The van der Waals surface area contributed by atoms with Crippen LogP contribution in [0.4, 0.5) is 18.9 Å². The Morgan fingerprint density at radius 2 is 1.90 bits per heavy atom. The van der Waals surface area contributed by atoms with Crippen LogP contribution in [0.2, 0.25) is 0 Å². The fourth-order valence-electron chi connectivity index (χ4n) is 1.72. The summed E-state index contributed by atoms with van der Waals surface area (Å²) in [6, 6.07) is 3.33. The Labute approximate surface area is 121 Å². The number of halogens is 3. The van der Waals surface area contributed by atoms with E-state index in [1.807, 2.05) is 0 Å². The zero-order valence-electron chi connectivity index (χ0n) is 12.3. The average Bonchev–Trinajstić information content (AvgIpc) is 2.37. The van der Waals surface area contributed by atoms with Gasteiger partial charge in [-0.25, -0.2) is 0 Å². The second-order valence-corrected chi connectivity index (χ2v) is 4.81. The number of carbonyl (C=O) groups is 1. The van der Waals surface area contributed by atoms with Crippen LogP contribution < -0.4 is 10.1 Å². The monoisotopic (exact) mass is 305 g/mol. The number of ether oxygens (including phenoxy) is 2. The maximum absolute atomic E-state index is 12.9. The van der Waals surface area contributed by atoms with Crippen molar-refractivity contribution < 1.29 is 27.4 Å². The third-order valence-electron chi connectivity index (χ3n) is 2.81. The molecule has 0 bridgehead atoms.